The number of phenolic OH excluding ortho intramolecular Hbond substituents is 1. The number of carbonyl (C=O) groups excluding carboxylic acids is 2. The molecular weight excluding hydrogens is 402 g/mol. The molecule has 0 unspecified atom stereocenters. The van der Waals surface area contributed by atoms with E-state index in [1.807, 2.05) is 60.7 Å². The van der Waals surface area contributed by atoms with E-state index in [4.69, 9.17) is 11.6 Å². The third-order valence-electron chi connectivity index (χ3n) is 4.36. The molecule has 7 heteroatoms. The van der Waals surface area contributed by atoms with Crippen LogP contribution in [0, 0.1) is 0 Å². The van der Waals surface area contributed by atoms with Crippen molar-refractivity contribution in [1.29, 1.82) is 0 Å². The molecule has 3 aromatic rings. The SMILES string of the molecule is O=C(N/N=C/CNC(=O)C(c1ccccc1)c1ccccc1)c1ccc(O)c(Cl)c1. The number of hydrogen-bond acceptors (Lipinski definition) is 4. The van der Waals surface area contributed by atoms with Crippen LogP contribution in [-0.2, 0) is 4.79 Å². The Morgan fingerprint density at radius 1 is 0.967 bits per heavy atom. The van der Waals surface area contributed by atoms with E-state index >= 15 is 0 Å². The number of benzene rings is 3. The maximum Gasteiger partial charge on any atom is 0.271 e. The highest BCUT2D eigenvalue weighted by Crippen LogP contribution is 2.25. The van der Waals surface area contributed by atoms with E-state index in [0.29, 0.717) is 0 Å². The molecule has 6 nitrogen and oxygen atoms in total. The first-order chi connectivity index (χ1) is 14.6. The van der Waals surface area contributed by atoms with Crippen LogP contribution in [0.5, 0.6) is 5.75 Å². The molecule has 0 spiro atoms. The van der Waals surface area contributed by atoms with E-state index < -0.39 is 11.8 Å². The second kappa shape index (κ2) is 10.2. The number of carbonyl (C=O) groups is 2. The fraction of sp³-hybridized carbons (Fsp3) is 0.0870. The van der Waals surface area contributed by atoms with Crippen molar-refractivity contribution in [2.24, 2.45) is 5.10 Å². The summed E-state index contributed by atoms with van der Waals surface area (Å²) >= 11 is 5.79. The summed E-state index contributed by atoms with van der Waals surface area (Å²) in [5.41, 5.74) is 4.38. The number of phenols is 1. The second-order valence-electron chi connectivity index (χ2n) is 6.42. The maximum atomic E-state index is 12.8. The van der Waals surface area contributed by atoms with E-state index in [9.17, 15) is 14.7 Å². The first-order valence-electron chi connectivity index (χ1n) is 9.24. The van der Waals surface area contributed by atoms with Gasteiger partial charge in [-0.3, -0.25) is 9.59 Å². The molecule has 0 saturated heterocycles. The molecular formula is C23H20ClN3O3. The molecule has 0 bridgehead atoms. The quantitative estimate of drug-likeness (QED) is 0.401. The largest absolute Gasteiger partial charge is 0.506 e. The van der Waals surface area contributed by atoms with Gasteiger partial charge in [0.2, 0.25) is 5.91 Å². The molecule has 152 valence electrons. The van der Waals surface area contributed by atoms with Crippen LogP contribution >= 0.6 is 11.6 Å². The normalized spacial score (nSPS) is 10.9. The van der Waals surface area contributed by atoms with Gasteiger partial charge in [0.25, 0.3) is 5.91 Å². The summed E-state index contributed by atoms with van der Waals surface area (Å²) in [7, 11) is 0. The second-order valence-corrected chi connectivity index (χ2v) is 6.83. The molecule has 0 aliphatic carbocycles. The van der Waals surface area contributed by atoms with Crippen LogP contribution in [0.3, 0.4) is 0 Å². The summed E-state index contributed by atoms with van der Waals surface area (Å²) in [6.07, 6.45) is 1.39. The molecule has 0 heterocycles. The lowest BCUT2D eigenvalue weighted by Crippen LogP contribution is -2.31. The van der Waals surface area contributed by atoms with Gasteiger partial charge in [-0.2, -0.15) is 5.10 Å². The van der Waals surface area contributed by atoms with Crippen LogP contribution in [0.4, 0.5) is 0 Å². The van der Waals surface area contributed by atoms with Gasteiger partial charge in [0, 0.05) is 11.8 Å². The summed E-state index contributed by atoms with van der Waals surface area (Å²) in [6, 6.07) is 23.1. The number of rotatable bonds is 7. The van der Waals surface area contributed by atoms with Gasteiger partial charge in [-0.1, -0.05) is 72.3 Å². The lowest BCUT2D eigenvalue weighted by atomic mass is 9.90. The van der Waals surface area contributed by atoms with Crippen molar-refractivity contribution >= 4 is 29.6 Å². The molecule has 0 aliphatic heterocycles. The van der Waals surface area contributed by atoms with Crippen LogP contribution in [0.15, 0.2) is 84.0 Å². The first-order valence-corrected chi connectivity index (χ1v) is 9.62. The molecule has 0 aromatic heterocycles. The molecule has 0 saturated carbocycles. The Kier molecular flexibility index (Phi) is 7.19. The average molecular weight is 422 g/mol. The number of hydrogen-bond donors (Lipinski definition) is 3. The third-order valence-corrected chi connectivity index (χ3v) is 4.67. The van der Waals surface area contributed by atoms with Crippen molar-refractivity contribution in [1.82, 2.24) is 10.7 Å². The van der Waals surface area contributed by atoms with Gasteiger partial charge < -0.3 is 10.4 Å². The van der Waals surface area contributed by atoms with Crippen molar-refractivity contribution in [3.63, 3.8) is 0 Å². The number of nitrogens with one attached hydrogen (secondary N) is 2. The monoisotopic (exact) mass is 421 g/mol. The highest BCUT2D eigenvalue weighted by Gasteiger charge is 2.21. The number of halogens is 1. The van der Waals surface area contributed by atoms with Crippen LogP contribution < -0.4 is 10.7 Å². The Hall–Kier alpha value is -3.64. The fourth-order valence-electron chi connectivity index (χ4n) is 2.90. The lowest BCUT2D eigenvalue weighted by Gasteiger charge is -2.17. The number of amides is 2. The Labute approximate surface area is 179 Å². The Morgan fingerprint density at radius 3 is 2.13 bits per heavy atom. The lowest BCUT2D eigenvalue weighted by molar-refractivity contribution is -0.121. The standard InChI is InChI=1S/C23H20ClN3O3/c24-19-15-18(11-12-20(19)28)22(29)27-26-14-13-25-23(30)21(16-7-3-1-4-8-16)17-9-5-2-6-10-17/h1-12,14-15,21,28H,13H2,(H,25,30)(H,27,29)/b26-14+. The molecule has 0 atom stereocenters. The molecule has 2 amide bonds. The van der Waals surface area contributed by atoms with E-state index in [1.165, 1.54) is 24.4 Å². The third kappa shape index (κ3) is 5.46. The summed E-state index contributed by atoms with van der Waals surface area (Å²) < 4.78 is 0. The Bertz CT molecular complexity index is 1000. The average Bonchev–Trinajstić information content (AvgIpc) is 2.77. The van der Waals surface area contributed by atoms with Crippen molar-refractivity contribution < 1.29 is 14.7 Å². The van der Waals surface area contributed by atoms with Crippen molar-refractivity contribution in [3.8, 4) is 5.75 Å². The zero-order chi connectivity index (χ0) is 21.3. The molecule has 3 aromatic carbocycles. The zero-order valence-electron chi connectivity index (χ0n) is 16.0. The van der Waals surface area contributed by atoms with Gasteiger partial charge in [0.15, 0.2) is 0 Å². The van der Waals surface area contributed by atoms with Gasteiger partial charge in [-0.05, 0) is 29.3 Å². The topological polar surface area (TPSA) is 90.8 Å². The maximum absolute atomic E-state index is 12.8. The summed E-state index contributed by atoms with van der Waals surface area (Å²) in [5, 5.41) is 16.1. The minimum Gasteiger partial charge on any atom is -0.506 e. The zero-order valence-corrected chi connectivity index (χ0v) is 16.7. The molecule has 3 N–H and O–H groups in total. The van der Waals surface area contributed by atoms with Gasteiger partial charge in [0.1, 0.15) is 5.75 Å². The molecule has 0 radical (unpaired) electrons. The smallest absolute Gasteiger partial charge is 0.271 e. The Morgan fingerprint density at radius 2 is 1.57 bits per heavy atom. The minimum absolute atomic E-state index is 0.0757. The Balaban J connectivity index is 1.59. The molecule has 0 fully saturated rings. The van der Waals surface area contributed by atoms with Crippen molar-refractivity contribution in [3.05, 3.63) is 101 Å². The van der Waals surface area contributed by atoms with E-state index in [2.05, 4.69) is 15.8 Å². The fourth-order valence-corrected chi connectivity index (χ4v) is 3.08. The minimum atomic E-state index is -0.481. The van der Waals surface area contributed by atoms with Gasteiger partial charge >= 0.3 is 0 Å². The van der Waals surface area contributed by atoms with E-state index in [-0.39, 0.29) is 28.8 Å². The highest BCUT2D eigenvalue weighted by atomic mass is 35.5. The number of hydrazone groups is 1. The first kappa shape index (κ1) is 21.1. The van der Waals surface area contributed by atoms with Gasteiger partial charge in [0.05, 0.1) is 17.5 Å². The summed E-state index contributed by atoms with van der Waals surface area (Å²) in [5.74, 6) is -1.21. The van der Waals surface area contributed by atoms with Crippen LogP contribution in [0.1, 0.15) is 27.4 Å². The predicted molar refractivity (Wildman–Crippen MR) is 117 cm³/mol. The number of nitrogens with zero attached hydrogens (tertiary/aromatic N) is 1. The van der Waals surface area contributed by atoms with Crippen LogP contribution in [0.25, 0.3) is 0 Å². The summed E-state index contributed by atoms with van der Waals surface area (Å²) in [4.78, 5) is 24.9. The van der Waals surface area contributed by atoms with Gasteiger partial charge in [-0.15, -0.1) is 0 Å². The molecule has 0 aliphatic rings. The summed E-state index contributed by atoms with van der Waals surface area (Å²) in [6.45, 7) is 0.144. The van der Waals surface area contributed by atoms with Crippen LogP contribution in [-0.4, -0.2) is 29.7 Å². The predicted octanol–water partition coefficient (Wildman–Crippen LogP) is 3.71. The number of aromatic hydroxyl groups is 1. The van der Waals surface area contributed by atoms with E-state index in [0.717, 1.165) is 11.1 Å². The molecule has 3 rings (SSSR count). The van der Waals surface area contributed by atoms with Crippen molar-refractivity contribution in [2.45, 2.75) is 5.92 Å². The highest BCUT2D eigenvalue weighted by molar-refractivity contribution is 6.32. The van der Waals surface area contributed by atoms with E-state index in [1.54, 1.807) is 0 Å². The molecule has 30 heavy (non-hydrogen) atoms. The van der Waals surface area contributed by atoms with Crippen LogP contribution in [0.2, 0.25) is 5.02 Å². The van der Waals surface area contributed by atoms with Gasteiger partial charge in [-0.25, -0.2) is 5.43 Å². The van der Waals surface area contributed by atoms with Crippen molar-refractivity contribution in [2.75, 3.05) is 6.54 Å².